The maximum absolute atomic E-state index is 12.1. The highest BCUT2D eigenvalue weighted by molar-refractivity contribution is 5.76. The highest BCUT2D eigenvalue weighted by Crippen LogP contribution is 2.16. The van der Waals surface area contributed by atoms with Crippen molar-refractivity contribution >= 4 is 5.91 Å². The Morgan fingerprint density at radius 2 is 1.74 bits per heavy atom. The van der Waals surface area contributed by atoms with Gasteiger partial charge in [0.05, 0.1) is 0 Å². The minimum absolute atomic E-state index is 0.0461. The van der Waals surface area contributed by atoms with Gasteiger partial charge < -0.3 is 10.6 Å². The van der Waals surface area contributed by atoms with E-state index in [9.17, 15) is 4.79 Å². The van der Waals surface area contributed by atoms with Crippen molar-refractivity contribution in [2.24, 2.45) is 5.73 Å². The van der Waals surface area contributed by atoms with Crippen LogP contribution in [0.5, 0.6) is 0 Å². The highest BCUT2D eigenvalue weighted by Gasteiger charge is 2.14. The summed E-state index contributed by atoms with van der Waals surface area (Å²) in [7, 11) is 0. The van der Waals surface area contributed by atoms with Crippen molar-refractivity contribution in [3.63, 3.8) is 0 Å². The quantitative estimate of drug-likeness (QED) is 0.782. The van der Waals surface area contributed by atoms with E-state index >= 15 is 0 Å². The lowest BCUT2D eigenvalue weighted by molar-refractivity contribution is -0.131. The minimum Gasteiger partial charge on any atom is -0.343 e. The van der Waals surface area contributed by atoms with Gasteiger partial charge in [-0.3, -0.25) is 4.79 Å². The van der Waals surface area contributed by atoms with Crippen molar-refractivity contribution in [1.29, 1.82) is 0 Å². The van der Waals surface area contributed by atoms with Crippen LogP contribution in [-0.2, 0) is 4.79 Å². The first-order valence-corrected chi connectivity index (χ1v) is 7.27. The molecule has 0 aliphatic carbocycles. The van der Waals surface area contributed by atoms with Crippen molar-refractivity contribution in [3.8, 4) is 0 Å². The van der Waals surface area contributed by atoms with Gasteiger partial charge in [-0.1, -0.05) is 44.2 Å². The van der Waals surface area contributed by atoms with E-state index in [1.807, 2.05) is 35.2 Å². The number of benzene rings is 1. The van der Waals surface area contributed by atoms with E-state index in [0.29, 0.717) is 12.8 Å². The number of carbonyl (C=O) groups is 1. The zero-order chi connectivity index (χ0) is 14.1. The first kappa shape index (κ1) is 15.7. The van der Waals surface area contributed by atoms with Crippen molar-refractivity contribution in [1.82, 2.24) is 4.90 Å². The molecule has 0 aromatic heterocycles. The molecule has 0 saturated carbocycles. The Bertz CT molecular complexity index is 358. The van der Waals surface area contributed by atoms with E-state index in [4.69, 9.17) is 5.73 Å². The molecule has 0 aliphatic rings. The van der Waals surface area contributed by atoms with Gasteiger partial charge >= 0.3 is 0 Å². The number of carbonyl (C=O) groups excluding carboxylic acids is 1. The zero-order valence-electron chi connectivity index (χ0n) is 12.1. The van der Waals surface area contributed by atoms with Crippen LogP contribution in [0.3, 0.4) is 0 Å². The van der Waals surface area contributed by atoms with Gasteiger partial charge in [0.2, 0.25) is 5.91 Å². The lowest BCUT2D eigenvalue weighted by atomic mass is 10.0. The fourth-order valence-corrected chi connectivity index (χ4v) is 2.21. The minimum atomic E-state index is -0.0461. The van der Waals surface area contributed by atoms with Crippen LogP contribution in [0.4, 0.5) is 0 Å². The smallest absolute Gasteiger partial charge is 0.222 e. The zero-order valence-corrected chi connectivity index (χ0v) is 12.1. The van der Waals surface area contributed by atoms with Crippen LogP contribution in [0, 0.1) is 0 Å². The van der Waals surface area contributed by atoms with Gasteiger partial charge in [0.15, 0.2) is 0 Å². The third-order valence-electron chi connectivity index (χ3n) is 3.24. The molecule has 3 heteroatoms. The molecular weight excluding hydrogens is 236 g/mol. The van der Waals surface area contributed by atoms with Gasteiger partial charge in [0.1, 0.15) is 0 Å². The molecule has 0 heterocycles. The molecule has 0 spiro atoms. The Kier molecular flexibility index (Phi) is 7.19. The first-order chi connectivity index (χ1) is 9.19. The summed E-state index contributed by atoms with van der Waals surface area (Å²) in [5.41, 5.74) is 7.23. The van der Waals surface area contributed by atoms with Gasteiger partial charge in [0, 0.05) is 25.6 Å². The number of nitrogens with zero attached hydrogens (tertiary/aromatic N) is 1. The SMILES string of the molecule is CCCN(CCC)C(=O)CCC(N)c1ccccc1. The molecule has 106 valence electrons. The Morgan fingerprint density at radius 1 is 1.16 bits per heavy atom. The van der Waals surface area contributed by atoms with E-state index in [2.05, 4.69) is 13.8 Å². The van der Waals surface area contributed by atoms with Crippen LogP contribution in [-0.4, -0.2) is 23.9 Å². The fourth-order valence-electron chi connectivity index (χ4n) is 2.21. The van der Waals surface area contributed by atoms with Crippen LogP contribution < -0.4 is 5.73 Å². The summed E-state index contributed by atoms with van der Waals surface area (Å²) in [6, 6.07) is 9.94. The van der Waals surface area contributed by atoms with Crippen LogP contribution >= 0.6 is 0 Å². The molecule has 0 aliphatic heterocycles. The molecule has 19 heavy (non-hydrogen) atoms. The van der Waals surface area contributed by atoms with Crippen molar-refractivity contribution < 1.29 is 4.79 Å². The number of rotatable bonds is 8. The third kappa shape index (κ3) is 5.43. The molecular formula is C16H26N2O. The second kappa shape index (κ2) is 8.70. The maximum atomic E-state index is 12.1. The summed E-state index contributed by atoms with van der Waals surface area (Å²) < 4.78 is 0. The molecule has 3 nitrogen and oxygen atoms in total. The molecule has 0 fully saturated rings. The average molecular weight is 262 g/mol. The summed E-state index contributed by atoms with van der Waals surface area (Å²) in [4.78, 5) is 14.1. The number of hydrogen-bond acceptors (Lipinski definition) is 2. The average Bonchev–Trinajstić information content (AvgIpc) is 2.45. The normalized spacial score (nSPS) is 12.2. The largest absolute Gasteiger partial charge is 0.343 e. The lowest BCUT2D eigenvalue weighted by Crippen LogP contribution is -2.32. The van der Waals surface area contributed by atoms with Gasteiger partial charge in [-0.05, 0) is 24.8 Å². The van der Waals surface area contributed by atoms with E-state index in [1.54, 1.807) is 0 Å². The van der Waals surface area contributed by atoms with E-state index in [1.165, 1.54) is 0 Å². The summed E-state index contributed by atoms with van der Waals surface area (Å²) >= 11 is 0. The van der Waals surface area contributed by atoms with E-state index in [0.717, 1.165) is 31.5 Å². The summed E-state index contributed by atoms with van der Waals surface area (Å²) in [6.07, 6.45) is 3.27. The Hall–Kier alpha value is -1.35. The monoisotopic (exact) mass is 262 g/mol. The Balaban J connectivity index is 2.44. The van der Waals surface area contributed by atoms with Gasteiger partial charge in [-0.2, -0.15) is 0 Å². The van der Waals surface area contributed by atoms with Gasteiger partial charge in [0.25, 0.3) is 0 Å². The molecule has 0 bridgehead atoms. The molecule has 1 unspecified atom stereocenters. The fraction of sp³-hybridized carbons (Fsp3) is 0.562. The predicted molar refractivity (Wildman–Crippen MR) is 79.8 cm³/mol. The third-order valence-corrected chi connectivity index (χ3v) is 3.24. The number of amides is 1. The van der Waals surface area contributed by atoms with E-state index < -0.39 is 0 Å². The standard InChI is InChI=1S/C16H26N2O/c1-3-12-18(13-4-2)16(19)11-10-15(17)14-8-6-5-7-9-14/h5-9,15H,3-4,10-13,17H2,1-2H3. The van der Waals surface area contributed by atoms with Crippen molar-refractivity contribution in [3.05, 3.63) is 35.9 Å². The maximum Gasteiger partial charge on any atom is 0.222 e. The molecule has 1 aromatic rings. The second-order valence-electron chi connectivity index (χ2n) is 4.94. The molecule has 0 saturated heterocycles. The molecule has 0 radical (unpaired) electrons. The topological polar surface area (TPSA) is 46.3 Å². The van der Waals surface area contributed by atoms with Crippen molar-refractivity contribution in [2.45, 2.75) is 45.6 Å². The number of hydrogen-bond donors (Lipinski definition) is 1. The lowest BCUT2D eigenvalue weighted by Gasteiger charge is -2.22. The van der Waals surface area contributed by atoms with Crippen LogP contribution in [0.1, 0.15) is 51.1 Å². The summed E-state index contributed by atoms with van der Waals surface area (Å²) in [6.45, 7) is 5.91. The van der Waals surface area contributed by atoms with Crippen LogP contribution in [0.2, 0.25) is 0 Å². The van der Waals surface area contributed by atoms with Gasteiger partial charge in [-0.25, -0.2) is 0 Å². The molecule has 1 aromatic carbocycles. The Morgan fingerprint density at radius 3 is 2.26 bits per heavy atom. The van der Waals surface area contributed by atoms with Gasteiger partial charge in [-0.15, -0.1) is 0 Å². The molecule has 2 N–H and O–H groups in total. The van der Waals surface area contributed by atoms with Crippen LogP contribution in [0.25, 0.3) is 0 Å². The second-order valence-corrected chi connectivity index (χ2v) is 4.94. The van der Waals surface area contributed by atoms with Crippen LogP contribution in [0.15, 0.2) is 30.3 Å². The summed E-state index contributed by atoms with van der Waals surface area (Å²) in [5, 5.41) is 0. The van der Waals surface area contributed by atoms with E-state index in [-0.39, 0.29) is 11.9 Å². The first-order valence-electron chi connectivity index (χ1n) is 7.27. The molecule has 1 rings (SSSR count). The number of nitrogens with two attached hydrogens (primary N) is 1. The highest BCUT2D eigenvalue weighted by atomic mass is 16.2. The predicted octanol–water partition coefficient (Wildman–Crippen LogP) is 3.12. The molecule has 1 atom stereocenters. The van der Waals surface area contributed by atoms with Crippen molar-refractivity contribution in [2.75, 3.05) is 13.1 Å². The molecule has 1 amide bonds. The Labute approximate surface area is 116 Å². The summed E-state index contributed by atoms with van der Waals surface area (Å²) in [5.74, 6) is 0.232.